The maximum Gasteiger partial charge on any atom is 0.282 e. The first-order valence-electron chi connectivity index (χ1n) is 8.73. The maximum absolute atomic E-state index is 12.8. The van der Waals surface area contributed by atoms with E-state index in [2.05, 4.69) is 10.2 Å². The van der Waals surface area contributed by atoms with E-state index in [1.54, 1.807) is 8.61 Å². The maximum atomic E-state index is 12.8. The van der Waals surface area contributed by atoms with Gasteiger partial charge in [-0.15, -0.1) is 0 Å². The Kier molecular flexibility index (Phi) is 5.30. The van der Waals surface area contributed by atoms with Gasteiger partial charge in [0.1, 0.15) is 0 Å². The summed E-state index contributed by atoms with van der Waals surface area (Å²) in [5.74, 6) is 0.254. The van der Waals surface area contributed by atoms with E-state index in [0.717, 1.165) is 45.4 Å². The Morgan fingerprint density at radius 2 is 1.65 bits per heavy atom. The first-order chi connectivity index (χ1) is 11.0. The lowest BCUT2D eigenvalue weighted by atomic mass is 9.65. The molecule has 3 heterocycles. The van der Waals surface area contributed by atoms with Crippen LogP contribution in [0.1, 0.15) is 19.3 Å². The molecule has 3 fully saturated rings. The van der Waals surface area contributed by atoms with Crippen molar-refractivity contribution in [2.24, 2.45) is 11.3 Å². The molecule has 3 rings (SSSR count). The normalized spacial score (nSPS) is 31.5. The topological polar surface area (TPSA) is 76.1 Å². The largest absolute Gasteiger partial charge is 0.396 e. The summed E-state index contributed by atoms with van der Waals surface area (Å²) in [5, 5.41) is 13.0. The molecular formula is C15H30N4O3S. The summed E-state index contributed by atoms with van der Waals surface area (Å²) in [6, 6.07) is 0. The third-order valence-electron chi connectivity index (χ3n) is 6.11. The predicted octanol–water partition coefficient (Wildman–Crippen LogP) is -0.837. The molecule has 7 nitrogen and oxygen atoms in total. The van der Waals surface area contributed by atoms with Gasteiger partial charge in [0.15, 0.2) is 0 Å². The zero-order chi connectivity index (χ0) is 16.5. The van der Waals surface area contributed by atoms with Crippen molar-refractivity contribution in [1.82, 2.24) is 18.8 Å². The van der Waals surface area contributed by atoms with Gasteiger partial charge in [0.2, 0.25) is 0 Å². The second kappa shape index (κ2) is 6.93. The third kappa shape index (κ3) is 3.43. The number of hydrogen-bond acceptors (Lipinski definition) is 5. The fourth-order valence-corrected chi connectivity index (χ4v) is 5.89. The Balaban J connectivity index is 1.64. The molecule has 8 heteroatoms. The molecule has 0 saturated carbocycles. The monoisotopic (exact) mass is 346 g/mol. The van der Waals surface area contributed by atoms with E-state index in [1.807, 2.05) is 7.05 Å². The van der Waals surface area contributed by atoms with Crippen LogP contribution in [0.2, 0.25) is 0 Å². The van der Waals surface area contributed by atoms with Gasteiger partial charge in [0.25, 0.3) is 10.2 Å². The van der Waals surface area contributed by atoms with Gasteiger partial charge in [-0.05, 0) is 38.3 Å². The molecule has 3 aliphatic heterocycles. The molecule has 3 saturated heterocycles. The van der Waals surface area contributed by atoms with Crippen LogP contribution < -0.4 is 5.32 Å². The zero-order valence-corrected chi connectivity index (χ0v) is 14.9. The van der Waals surface area contributed by atoms with Crippen molar-refractivity contribution in [3.63, 3.8) is 0 Å². The van der Waals surface area contributed by atoms with Crippen LogP contribution in [-0.2, 0) is 10.2 Å². The van der Waals surface area contributed by atoms with Crippen molar-refractivity contribution in [3.8, 4) is 0 Å². The van der Waals surface area contributed by atoms with Gasteiger partial charge in [-0.1, -0.05) is 0 Å². The average molecular weight is 346 g/mol. The number of nitrogens with zero attached hydrogens (tertiary/aromatic N) is 3. The number of aliphatic hydroxyl groups is 1. The molecule has 1 atom stereocenters. The summed E-state index contributed by atoms with van der Waals surface area (Å²) in [4.78, 5) is 2.16. The fraction of sp³-hybridized carbons (Fsp3) is 1.00. The molecule has 23 heavy (non-hydrogen) atoms. The van der Waals surface area contributed by atoms with Crippen LogP contribution in [-0.4, -0.2) is 93.0 Å². The Labute approximate surface area is 139 Å². The average Bonchev–Trinajstić information content (AvgIpc) is 2.56. The first-order valence-corrected chi connectivity index (χ1v) is 10.1. The molecule has 0 aromatic heterocycles. The van der Waals surface area contributed by atoms with Crippen molar-refractivity contribution in [3.05, 3.63) is 0 Å². The van der Waals surface area contributed by atoms with E-state index < -0.39 is 10.2 Å². The first kappa shape index (κ1) is 17.6. The van der Waals surface area contributed by atoms with E-state index in [0.29, 0.717) is 26.2 Å². The number of piperazine rings is 1. The number of aliphatic hydroxyl groups excluding tert-OH is 1. The molecule has 0 bridgehead atoms. The second-order valence-electron chi connectivity index (χ2n) is 7.31. The van der Waals surface area contributed by atoms with E-state index in [-0.39, 0.29) is 17.9 Å². The molecule has 0 amide bonds. The van der Waals surface area contributed by atoms with Crippen molar-refractivity contribution >= 4 is 10.2 Å². The Morgan fingerprint density at radius 3 is 2.26 bits per heavy atom. The van der Waals surface area contributed by atoms with Crippen LogP contribution >= 0.6 is 0 Å². The Hall–Kier alpha value is -0.250. The van der Waals surface area contributed by atoms with Gasteiger partial charge < -0.3 is 15.3 Å². The Bertz CT molecular complexity index is 497. The molecular weight excluding hydrogens is 316 g/mol. The lowest BCUT2D eigenvalue weighted by Gasteiger charge is -2.49. The van der Waals surface area contributed by atoms with Gasteiger partial charge in [0.05, 0.1) is 0 Å². The third-order valence-corrected chi connectivity index (χ3v) is 8.15. The minimum Gasteiger partial charge on any atom is -0.396 e. The summed E-state index contributed by atoms with van der Waals surface area (Å²) in [7, 11) is -1.30. The highest BCUT2D eigenvalue weighted by molar-refractivity contribution is 7.86. The Morgan fingerprint density at radius 1 is 1.04 bits per heavy atom. The molecule has 1 spiro atoms. The summed E-state index contributed by atoms with van der Waals surface area (Å²) >= 11 is 0. The number of nitrogens with one attached hydrogen (secondary N) is 1. The van der Waals surface area contributed by atoms with Crippen molar-refractivity contribution < 1.29 is 13.5 Å². The minimum atomic E-state index is -3.33. The van der Waals surface area contributed by atoms with E-state index in [4.69, 9.17) is 0 Å². The van der Waals surface area contributed by atoms with Crippen molar-refractivity contribution in [1.29, 1.82) is 0 Å². The molecule has 0 aromatic rings. The molecule has 2 N–H and O–H groups in total. The van der Waals surface area contributed by atoms with Gasteiger partial charge >= 0.3 is 0 Å². The number of hydrogen-bond donors (Lipinski definition) is 2. The molecule has 134 valence electrons. The molecule has 0 unspecified atom stereocenters. The molecule has 0 aromatic carbocycles. The number of likely N-dealkylation sites (N-methyl/N-ethyl adjacent to an activating group) is 1. The highest BCUT2D eigenvalue weighted by Crippen LogP contribution is 2.44. The smallest absolute Gasteiger partial charge is 0.282 e. The van der Waals surface area contributed by atoms with Crippen molar-refractivity contribution in [2.45, 2.75) is 19.3 Å². The lowest BCUT2D eigenvalue weighted by molar-refractivity contribution is 0.0114. The molecule has 0 radical (unpaired) electrons. The van der Waals surface area contributed by atoms with Crippen LogP contribution in [0.15, 0.2) is 0 Å². The summed E-state index contributed by atoms with van der Waals surface area (Å²) in [6.45, 7) is 5.97. The quantitative estimate of drug-likeness (QED) is 0.697. The fourth-order valence-electron chi connectivity index (χ4n) is 4.30. The summed E-state index contributed by atoms with van der Waals surface area (Å²) in [6.07, 6.45) is 2.78. The predicted molar refractivity (Wildman–Crippen MR) is 89.3 cm³/mol. The van der Waals surface area contributed by atoms with Crippen LogP contribution in [0.5, 0.6) is 0 Å². The summed E-state index contributed by atoms with van der Waals surface area (Å²) in [5.41, 5.74) is 0.119. The number of piperidine rings is 2. The zero-order valence-electron chi connectivity index (χ0n) is 14.1. The second-order valence-corrected chi connectivity index (χ2v) is 9.23. The minimum absolute atomic E-state index is 0.119. The highest BCUT2D eigenvalue weighted by Gasteiger charge is 2.45. The lowest BCUT2D eigenvalue weighted by Crippen LogP contribution is -2.57. The van der Waals surface area contributed by atoms with E-state index in [9.17, 15) is 13.5 Å². The van der Waals surface area contributed by atoms with E-state index in [1.165, 1.54) is 0 Å². The van der Waals surface area contributed by atoms with Crippen LogP contribution in [0.3, 0.4) is 0 Å². The number of rotatable bonds is 3. The van der Waals surface area contributed by atoms with Gasteiger partial charge in [0, 0.05) is 58.3 Å². The van der Waals surface area contributed by atoms with E-state index >= 15 is 0 Å². The van der Waals surface area contributed by atoms with Crippen LogP contribution in [0, 0.1) is 11.3 Å². The van der Waals surface area contributed by atoms with Gasteiger partial charge in [-0.25, -0.2) is 0 Å². The standard InChI is InChI=1S/C15H30N4O3S/c1-17-8-10-19(11-9-17)23(21,22)18-6-3-15(4-7-18)2-5-16-12-14(15)13-20/h14,16,20H,2-13H2,1H3/t14-/m0/s1. The molecule has 3 aliphatic rings. The van der Waals surface area contributed by atoms with Crippen LogP contribution in [0.4, 0.5) is 0 Å². The highest BCUT2D eigenvalue weighted by atomic mass is 32.2. The van der Waals surface area contributed by atoms with Gasteiger partial charge in [-0.2, -0.15) is 17.0 Å². The summed E-state index contributed by atoms with van der Waals surface area (Å²) < 4.78 is 29.0. The van der Waals surface area contributed by atoms with Gasteiger partial charge in [-0.3, -0.25) is 0 Å². The molecule has 0 aliphatic carbocycles. The SMILES string of the molecule is CN1CCN(S(=O)(=O)N2CCC3(CCNC[C@H]3CO)CC2)CC1. The van der Waals surface area contributed by atoms with Crippen molar-refractivity contribution in [2.75, 3.05) is 66.0 Å². The van der Waals surface area contributed by atoms with Crippen LogP contribution in [0.25, 0.3) is 0 Å².